The highest BCUT2D eigenvalue weighted by atomic mass is 32.2. The zero-order valence-electron chi connectivity index (χ0n) is 11.2. The van der Waals surface area contributed by atoms with E-state index in [4.69, 9.17) is 5.73 Å². The quantitative estimate of drug-likeness (QED) is 0.368. The minimum atomic E-state index is -1.03. The van der Waals surface area contributed by atoms with E-state index >= 15 is 0 Å². The zero-order chi connectivity index (χ0) is 14.9. The molecule has 0 heterocycles. The maximum atomic E-state index is 12.0. The lowest BCUT2D eigenvalue weighted by molar-refractivity contribution is -0.149. The van der Waals surface area contributed by atoms with Crippen LogP contribution in [0.4, 0.5) is 0 Å². The Bertz CT molecular complexity index is 487. The smallest absolute Gasteiger partial charge is 0.333 e. The average molecular weight is 298 g/mol. The lowest BCUT2D eigenvalue weighted by Gasteiger charge is -2.41. The van der Waals surface area contributed by atoms with Crippen molar-refractivity contribution < 1.29 is 19.8 Å². The van der Waals surface area contributed by atoms with Gasteiger partial charge in [0.1, 0.15) is 5.78 Å². The number of nitrogens with two attached hydrogens (primary N) is 1. The van der Waals surface area contributed by atoms with Crippen LogP contribution in [0.3, 0.4) is 0 Å². The van der Waals surface area contributed by atoms with Gasteiger partial charge in [-0.1, -0.05) is 0 Å². The standard InChI is InChI=1S/C13H18N2O4S/c1-6(16)9-7-4-8(20-3-2-15-5-14)11(13(18)19)10(7)12(9)17/h5-7,9-10,16H,2-4H2,1H3,(H2,14,15)(H,18,19). The number of hydrogen-bond acceptors (Lipinski definition) is 5. The van der Waals surface area contributed by atoms with E-state index in [2.05, 4.69) is 4.99 Å². The van der Waals surface area contributed by atoms with E-state index in [1.165, 1.54) is 18.1 Å². The Balaban J connectivity index is 2.11. The molecule has 0 aliphatic heterocycles. The fourth-order valence-electron chi connectivity index (χ4n) is 3.10. The van der Waals surface area contributed by atoms with Gasteiger partial charge in [0.15, 0.2) is 0 Å². The monoisotopic (exact) mass is 298 g/mol. The number of rotatable bonds is 6. The third-order valence-corrected chi connectivity index (χ3v) is 5.03. The molecule has 0 spiro atoms. The van der Waals surface area contributed by atoms with Crippen molar-refractivity contribution in [2.75, 3.05) is 12.3 Å². The predicted octanol–water partition coefficient (Wildman–Crippen LogP) is 0.261. The van der Waals surface area contributed by atoms with Gasteiger partial charge in [0.05, 0.1) is 30.5 Å². The van der Waals surface area contributed by atoms with Gasteiger partial charge in [-0.25, -0.2) is 4.79 Å². The Morgan fingerprint density at radius 3 is 2.90 bits per heavy atom. The third kappa shape index (κ3) is 2.47. The summed E-state index contributed by atoms with van der Waals surface area (Å²) in [7, 11) is 0. The van der Waals surface area contributed by atoms with Crippen LogP contribution in [0.2, 0.25) is 0 Å². The van der Waals surface area contributed by atoms with Gasteiger partial charge in [0.25, 0.3) is 0 Å². The number of aliphatic carboxylic acids is 1. The Hall–Kier alpha value is -1.34. The van der Waals surface area contributed by atoms with E-state index < -0.39 is 23.9 Å². The Labute approximate surface area is 121 Å². The second kappa shape index (κ2) is 5.97. The number of carbonyl (C=O) groups excluding carboxylic acids is 1. The summed E-state index contributed by atoms with van der Waals surface area (Å²) in [4.78, 5) is 28.0. The lowest BCUT2D eigenvalue weighted by atomic mass is 9.61. The van der Waals surface area contributed by atoms with Crippen LogP contribution < -0.4 is 5.73 Å². The van der Waals surface area contributed by atoms with Crippen LogP contribution in [0.25, 0.3) is 0 Å². The number of carboxylic acid groups (broad SMARTS) is 1. The van der Waals surface area contributed by atoms with Gasteiger partial charge in [0, 0.05) is 11.7 Å². The number of Topliss-reactive ketones (excluding diaryl/α,β-unsaturated/α-hetero) is 1. The minimum Gasteiger partial charge on any atom is -0.478 e. The number of carbonyl (C=O) groups is 2. The molecule has 110 valence electrons. The molecule has 0 amide bonds. The highest BCUT2D eigenvalue weighted by Crippen LogP contribution is 2.54. The summed E-state index contributed by atoms with van der Waals surface area (Å²) < 4.78 is 0. The summed E-state index contributed by atoms with van der Waals surface area (Å²) in [6.07, 6.45) is 1.06. The van der Waals surface area contributed by atoms with E-state index in [-0.39, 0.29) is 17.3 Å². The molecule has 1 saturated carbocycles. The van der Waals surface area contributed by atoms with Crippen LogP contribution in [0.15, 0.2) is 15.5 Å². The van der Waals surface area contributed by atoms with Crippen LogP contribution in [0, 0.1) is 17.8 Å². The van der Waals surface area contributed by atoms with Gasteiger partial charge in [-0.2, -0.15) is 0 Å². The summed E-state index contributed by atoms with van der Waals surface area (Å²) in [5.74, 6) is -1.55. The molecule has 2 rings (SSSR count). The number of aliphatic imine (C=N–C) groups is 1. The molecule has 0 radical (unpaired) electrons. The fourth-order valence-corrected chi connectivity index (χ4v) is 4.22. The number of carboxylic acids is 1. The number of aliphatic hydroxyl groups excluding tert-OH is 1. The molecule has 1 fully saturated rings. The van der Waals surface area contributed by atoms with Gasteiger partial charge in [0.2, 0.25) is 0 Å². The molecule has 2 aliphatic carbocycles. The number of hydrogen-bond donors (Lipinski definition) is 3. The number of fused-ring (bicyclic) bond motifs is 1. The highest BCUT2D eigenvalue weighted by Gasteiger charge is 2.58. The van der Waals surface area contributed by atoms with Crippen molar-refractivity contribution in [3.05, 3.63) is 10.5 Å². The first kappa shape index (κ1) is 15.1. The first-order valence-electron chi connectivity index (χ1n) is 6.50. The second-order valence-corrected chi connectivity index (χ2v) is 6.25. The van der Waals surface area contributed by atoms with E-state index in [1.807, 2.05) is 0 Å². The van der Waals surface area contributed by atoms with E-state index in [0.717, 1.165) is 4.91 Å². The van der Waals surface area contributed by atoms with Crippen LogP contribution in [-0.2, 0) is 9.59 Å². The van der Waals surface area contributed by atoms with Gasteiger partial charge >= 0.3 is 5.97 Å². The molecule has 0 bridgehead atoms. The van der Waals surface area contributed by atoms with Crippen molar-refractivity contribution in [1.29, 1.82) is 0 Å². The summed E-state index contributed by atoms with van der Waals surface area (Å²) in [6.45, 7) is 2.10. The predicted molar refractivity (Wildman–Crippen MR) is 76.4 cm³/mol. The molecular weight excluding hydrogens is 280 g/mol. The molecule has 0 aromatic carbocycles. The Kier molecular flexibility index (Phi) is 4.49. The van der Waals surface area contributed by atoms with Crippen LogP contribution in [0.5, 0.6) is 0 Å². The van der Waals surface area contributed by atoms with Crippen LogP contribution >= 0.6 is 11.8 Å². The summed E-state index contributed by atoms with van der Waals surface area (Å²) in [5.41, 5.74) is 5.36. The molecule has 0 saturated heterocycles. The zero-order valence-corrected chi connectivity index (χ0v) is 12.0. The molecule has 0 aromatic rings. The highest BCUT2D eigenvalue weighted by molar-refractivity contribution is 8.03. The van der Waals surface area contributed by atoms with Crippen molar-refractivity contribution >= 4 is 29.9 Å². The van der Waals surface area contributed by atoms with Crippen molar-refractivity contribution in [3.63, 3.8) is 0 Å². The van der Waals surface area contributed by atoms with E-state index in [9.17, 15) is 19.8 Å². The molecule has 4 atom stereocenters. The van der Waals surface area contributed by atoms with Gasteiger partial charge in [-0.05, 0) is 24.2 Å². The third-order valence-electron chi connectivity index (χ3n) is 3.91. The van der Waals surface area contributed by atoms with Crippen molar-refractivity contribution in [2.45, 2.75) is 19.4 Å². The van der Waals surface area contributed by atoms with Gasteiger partial charge in [-0.15, -0.1) is 11.8 Å². The van der Waals surface area contributed by atoms with Crippen molar-refractivity contribution in [3.8, 4) is 0 Å². The number of nitrogens with zero attached hydrogens (tertiary/aromatic N) is 1. The molecule has 0 aromatic heterocycles. The lowest BCUT2D eigenvalue weighted by Crippen LogP contribution is -2.51. The maximum Gasteiger partial charge on any atom is 0.333 e. The molecule has 20 heavy (non-hydrogen) atoms. The van der Waals surface area contributed by atoms with E-state index in [0.29, 0.717) is 18.7 Å². The number of allylic oxidation sites excluding steroid dienone is 1. The number of thioether (sulfide) groups is 1. The normalized spacial score (nSPS) is 30.5. The average Bonchev–Trinajstić information content (AvgIpc) is 2.69. The van der Waals surface area contributed by atoms with Crippen molar-refractivity contribution in [1.82, 2.24) is 0 Å². The first-order valence-corrected chi connectivity index (χ1v) is 7.48. The summed E-state index contributed by atoms with van der Waals surface area (Å²) >= 11 is 1.42. The molecular formula is C13H18N2O4S. The van der Waals surface area contributed by atoms with Crippen LogP contribution in [-0.4, -0.2) is 46.7 Å². The van der Waals surface area contributed by atoms with Gasteiger partial charge in [-0.3, -0.25) is 9.79 Å². The van der Waals surface area contributed by atoms with Gasteiger partial charge < -0.3 is 15.9 Å². The van der Waals surface area contributed by atoms with Crippen molar-refractivity contribution in [2.24, 2.45) is 28.5 Å². The second-order valence-electron chi connectivity index (χ2n) is 5.06. The number of ketones is 1. The molecule has 4 unspecified atom stereocenters. The molecule has 2 aliphatic rings. The molecule has 6 nitrogen and oxygen atoms in total. The summed E-state index contributed by atoms with van der Waals surface area (Å²) in [5, 5.41) is 18.9. The molecule has 7 heteroatoms. The van der Waals surface area contributed by atoms with Crippen LogP contribution in [0.1, 0.15) is 13.3 Å². The van der Waals surface area contributed by atoms with E-state index in [1.54, 1.807) is 6.92 Å². The largest absolute Gasteiger partial charge is 0.478 e. The minimum absolute atomic E-state index is 0.0610. The summed E-state index contributed by atoms with van der Waals surface area (Å²) in [6, 6.07) is 0. The maximum absolute atomic E-state index is 12.0. The Morgan fingerprint density at radius 2 is 2.35 bits per heavy atom. The number of aliphatic hydroxyl groups is 1. The Morgan fingerprint density at radius 1 is 1.65 bits per heavy atom. The fraction of sp³-hybridized carbons (Fsp3) is 0.615. The topological polar surface area (TPSA) is 113 Å². The first-order chi connectivity index (χ1) is 9.49. The SMILES string of the molecule is CC(O)C1C(=O)C2C(C(=O)O)=C(SCCN=CN)CC21. The molecule has 4 N–H and O–H groups in total.